The summed E-state index contributed by atoms with van der Waals surface area (Å²) in [6.45, 7) is 0. The molecule has 0 radical (unpaired) electrons. The smallest absolute Gasteiger partial charge is 0.151 e. The maximum Gasteiger partial charge on any atom is 0.151 e. The molecule has 3 rings (SSSR count). The molecule has 0 aliphatic carbocycles. The van der Waals surface area contributed by atoms with Gasteiger partial charge in [-0.1, -0.05) is 6.07 Å². The predicted molar refractivity (Wildman–Crippen MR) is 80.5 cm³/mol. The number of aryl methyl sites for hydroxylation is 1. The van der Waals surface area contributed by atoms with Gasteiger partial charge in [0.25, 0.3) is 0 Å². The Morgan fingerprint density at radius 2 is 2.05 bits per heavy atom. The SMILES string of the molecule is Cn1c(-c2ccc(I)c(O)c2)nc2c(F)cccc21. The predicted octanol–water partition coefficient (Wildman–Crippen LogP) is 3.69. The molecule has 0 bridgehead atoms. The standard InChI is InChI=1S/C14H10FIN2O/c1-18-11-4-2-3-9(15)13(11)17-14(18)8-5-6-10(16)12(19)7-8/h2-7,19H,1H3. The average molecular weight is 368 g/mol. The lowest BCUT2D eigenvalue weighted by atomic mass is 10.2. The fourth-order valence-corrected chi connectivity index (χ4v) is 2.43. The van der Waals surface area contributed by atoms with E-state index >= 15 is 0 Å². The van der Waals surface area contributed by atoms with Crippen LogP contribution in [0.15, 0.2) is 36.4 Å². The van der Waals surface area contributed by atoms with Gasteiger partial charge in [-0.3, -0.25) is 0 Å². The lowest BCUT2D eigenvalue weighted by molar-refractivity contribution is 0.471. The Morgan fingerprint density at radius 3 is 2.74 bits per heavy atom. The van der Waals surface area contributed by atoms with Crippen molar-refractivity contribution in [1.29, 1.82) is 0 Å². The third-order valence-electron chi connectivity index (χ3n) is 3.07. The zero-order valence-corrected chi connectivity index (χ0v) is 12.2. The molecule has 19 heavy (non-hydrogen) atoms. The van der Waals surface area contributed by atoms with Gasteiger partial charge in [0, 0.05) is 12.6 Å². The van der Waals surface area contributed by atoms with E-state index in [-0.39, 0.29) is 11.6 Å². The van der Waals surface area contributed by atoms with Gasteiger partial charge in [-0.25, -0.2) is 9.37 Å². The molecule has 1 N–H and O–H groups in total. The summed E-state index contributed by atoms with van der Waals surface area (Å²) in [6, 6.07) is 10.2. The van der Waals surface area contributed by atoms with E-state index in [1.54, 1.807) is 18.2 Å². The molecule has 5 heteroatoms. The lowest BCUT2D eigenvalue weighted by Crippen LogP contribution is -1.92. The molecule has 0 atom stereocenters. The van der Waals surface area contributed by atoms with Crippen molar-refractivity contribution in [3.63, 3.8) is 0 Å². The van der Waals surface area contributed by atoms with Gasteiger partial charge in [-0.2, -0.15) is 0 Å². The van der Waals surface area contributed by atoms with Gasteiger partial charge in [0.1, 0.15) is 17.1 Å². The number of imidazole rings is 1. The molecule has 1 aromatic heterocycles. The summed E-state index contributed by atoms with van der Waals surface area (Å²) in [7, 11) is 1.83. The van der Waals surface area contributed by atoms with Crippen LogP contribution in [0.25, 0.3) is 22.4 Å². The zero-order valence-electron chi connectivity index (χ0n) is 10.1. The Morgan fingerprint density at radius 1 is 1.26 bits per heavy atom. The second-order valence-corrected chi connectivity index (χ2v) is 5.43. The molecule has 3 aromatic rings. The van der Waals surface area contributed by atoms with E-state index < -0.39 is 0 Å². The number of hydrogen-bond acceptors (Lipinski definition) is 2. The number of aromatic nitrogens is 2. The van der Waals surface area contributed by atoms with E-state index in [1.807, 2.05) is 23.7 Å². The monoisotopic (exact) mass is 368 g/mol. The van der Waals surface area contributed by atoms with Gasteiger partial charge >= 0.3 is 0 Å². The molecule has 0 aliphatic heterocycles. The highest BCUT2D eigenvalue weighted by Gasteiger charge is 2.13. The van der Waals surface area contributed by atoms with Crippen molar-refractivity contribution in [2.75, 3.05) is 0 Å². The maximum absolute atomic E-state index is 13.7. The minimum atomic E-state index is -0.339. The maximum atomic E-state index is 13.7. The van der Waals surface area contributed by atoms with Gasteiger partial charge < -0.3 is 9.67 Å². The molecule has 0 saturated carbocycles. The van der Waals surface area contributed by atoms with E-state index in [9.17, 15) is 9.50 Å². The van der Waals surface area contributed by atoms with E-state index in [0.717, 1.165) is 14.7 Å². The Hall–Kier alpha value is -1.63. The Kier molecular flexibility index (Phi) is 2.93. The van der Waals surface area contributed by atoms with Gasteiger partial charge in [-0.15, -0.1) is 0 Å². The van der Waals surface area contributed by atoms with Crippen LogP contribution in [-0.2, 0) is 7.05 Å². The number of aromatic hydroxyl groups is 1. The largest absolute Gasteiger partial charge is 0.507 e. The van der Waals surface area contributed by atoms with E-state index in [0.29, 0.717) is 11.3 Å². The quantitative estimate of drug-likeness (QED) is 0.666. The number of fused-ring (bicyclic) bond motifs is 1. The molecule has 2 aromatic carbocycles. The molecule has 3 nitrogen and oxygen atoms in total. The van der Waals surface area contributed by atoms with Crippen LogP contribution in [0, 0.1) is 9.39 Å². The summed E-state index contributed by atoms with van der Waals surface area (Å²) < 4.78 is 16.3. The fraction of sp³-hybridized carbons (Fsp3) is 0.0714. The minimum Gasteiger partial charge on any atom is -0.507 e. The highest BCUT2D eigenvalue weighted by atomic mass is 127. The van der Waals surface area contributed by atoms with Crippen LogP contribution in [0.1, 0.15) is 0 Å². The second kappa shape index (κ2) is 4.48. The Labute approximate surface area is 122 Å². The first-order valence-corrected chi connectivity index (χ1v) is 6.75. The van der Waals surface area contributed by atoms with E-state index in [4.69, 9.17) is 0 Å². The van der Waals surface area contributed by atoms with Crippen LogP contribution in [0.4, 0.5) is 4.39 Å². The van der Waals surface area contributed by atoms with Crippen LogP contribution < -0.4 is 0 Å². The van der Waals surface area contributed by atoms with Crippen LogP contribution >= 0.6 is 22.6 Å². The van der Waals surface area contributed by atoms with Crippen LogP contribution in [-0.4, -0.2) is 14.7 Å². The van der Waals surface area contributed by atoms with Gasteiger partial charge in [0.15, 0.2) is 5.82 Å². The number of phenolic OH excluding ortho intramolecular Hbond substituents is 1. The van der Waals surface area contributed by atoms with Crippen LogP contribution in [0.5, 0.6) is 5.75 Å². The molecule has 0 fully saturated rings. The number of hydrogen-bond donors (Lipinski definition) is 1. The topological polar surface area (TPSA) is 38.0 Å². The first kappa shape index (κ1) is 12.4. The number of halogens is 2. The summed E-state index contributed by atoms with van der Waals surface area (Å²) in [5.41, 5.74) is 1.84. The van der Waals surface area contributed by atoms with E-state index in [2.05, 4.69) is 27.6 Å². The summed E-state index contributed by atoms with van der Waals surface area (Å²) in [5, 5.41) is 9.76. The Bertz CT molecular complexity index is 782. The number of benzene rings is 2. The third kappa shape index (κ3) is 1.98. The first-order valence-electron chi connectivity index (χ1n) is 5.68. The van der Waals surface area contributed by atoms with Crippen molar-refractivity contribution in [2.45, 2.75) is 0 Å². The molecule has 0 unspecified atom stereocenters. The minimum absolute atomic E-state index is 0.200. The normalized spacial score (nSPS) is 11.1. The second-order valence-electron chi connectivity index (χ2n) is 4.27. The number of phenols is 1. The molecule has 96 valence electrons. The molecule has 0 amide bonds. The third-order valence-corrected chi connectivity index (χ3v) is 3.98. The molecule has 0 saturated heterocycles. The van der Waals surface area contributed by atoms with Crippen molar-refractivity contribution in [3.8, 4) is 17.1 Å². The van der Waals surface area contributed by atoms with Gasteiger partial charge in [0.05, 0.1) is 9.09 Å². The van der Waals surface area contributed by atoms with Gasteiger partial charge in [0.2, 0.25) is 0 Å². The number of nitrogens with zero attached hydrogens (tertiary/aromatic N) is 2. The Balaban J connectivity index is 2.28. The summed E-state index contributed by atoms with van der Waals surface area (Å²) in [5.74, 6) is 0.492. The zero-order chi connectivity index (χ0) is 13.6. The van der Waals surface area contributed by atoms with Crippen LogP contribution in [0.2, 0.25) is 0 Å². The molecule has 1 heterocycles. The van der Waals surface area contributed by atoms with Crippen molar-refractivity contribution < 1.29 is 9.50 Å². The number of rotatable bonds is 1. The fourth-order valence-electron chi connectivity index (χ4n) is 2.09. The lowest BCUT2D eigenvalue weighted by Gasteiger charge is -2.04. The van der Waals surface area contributed by atoms with Crippen LogP contribution in [0.3, 0.4) is 0 Å². The highest BCUT2D eigenvalue weighted by molar-refractivity contribution is 14.1. The molecule has 0 aliphatic rings. The molecule has 0 spiro atoms. The highest BCUT2D eigenvalue weighted by Crippen LogP contribution is 2.29. The molecular formula is C14H10FIN2O. The van der Waals surface area contributed by atoms with Crippen molar-refractivity contribution in [2.24, 2.45) is 7.05 Å². The average Bonchev–Trinajstić information content (AvgIpc) is 2.72. The van der Waals surface area contributed by atoms with Gasteiger partial charge in [-0.05, 0) is 52.9 Å². The van der Waals surface area contributed by atoms with Crippen molar-refractivity contribution >= 4 is 33.6 Å². The molecular weight excluding hydrogens is 358 g/mol. The van der Waals surface area contributed by atoms with E-state index in [1.165, 1.54) is 6.07 Å². The summed E-state index contributed by atoms with van der Waals surface area (Å²) in [6.07, 6.45) is 0. The number of para-hydroxylation sites is 1. The summed E-state index contributed by atoms with van der Waals surface area (Å²) in [4.78, 5) is 4.33. The van der Waals surface area contributed by atoms with Crippen molar-refractivity contribution in [3.05, 3.63) is 45.8 Å². The first-order chi connectivity index (χ1) is 9.08. The summed E-state index contributed by atoms with van der Waals surface area (Å²) >= 11 is 2.05. The van der Waals surface area contributed by atoms with Crippen molar-refractivity contribution in [1.82, 2.24) is 9.55 Å².